The molecule has 0 aromatic heterocycles. The number of nitrogens with two attached hydrogens (primary N) is 1. The maximum absolute atomic E-state index is 11.9. The molecule has 0 bridgehead atoms. The van der Waals surface area contributed by atoms with Crippen molar-refractivity contribution >= 4 is 46.5 Å². The molecule has 0 fully saturated rings. The van der Waals surface area contributed by atoms with Crippen LogP contribution < -0.4 is 11.1 Å². The second-order valence-corrected chi connectivity index (χ2v) is 5.51. The largest absolute Gasteiger partial charge is 0.452 e. The minimum Gasteiger partial charge on any atom is -0.452 e. The van der Waals surface area contributed by atoms with Crippen LogP contribution in [-0.4, -0.2) is 18.5 Å². The van der Waals surface area contributed by atoms with E-state index in [4.69, 9.17) is 38.9 Å². The molecule has 0 spiro atoms. The molecule has 0 radical (unpaired) electrons. The van der Waals surface area contributed by atoms with Crippen LogP contribution in [-0.2, 0) is 9.53 Å². The third-order valence-electron chi connectivity index (χ3n) is 2.94. The van der Waals surface area contributed by atoms with Crippen LogP contribution >= 0.6 is 23.2 Å². The Balaban J connectivity index is 1.94. The molecule has 2 aromatic rings. The number of anilines is 2. The fourth-order valence-electron chi connectivity index (χ4n) is 1.81. The Morgan fingerprint density at radius 3 is 2.58 bits per heavy atom. The van der Waals surface area contributed by atoms with E-state index in [1.165, 1.54) is 36.4 Å². The zero-order valence-corrected chi connectivity index (χ0v) is 13.7. The van der Waals surface area contributed by atoms with Crippen molar-refractivity contribution in [2.45, 2.75) is 0 Å². The Bertz CT molecular complexity index is 847. The van der Waals surface area contributed by atoms with Crippen LogP contribution in [0.1, 0.15) is 15.9 Å². The number of carbonyl (C=O) groups excluding carboxylic acids is 2. The summed E-state index contributed by atoms with van der Waals surface area (Å²) in [5, 5.41) is 11.9. The van der Waals surface area contributed by atoms with Crippen LogP contribution in [0.25, 0.3) is 0 Å². The van der Waals surface area contributed by atoms with Gasteiger partial charge in [-0.1, -0.05) is 23.2 Å². The highest BCUT2D eigenvalue weighted by atomic mass is 35.5. The molecule has 2 rings (SSSR count). The van der Waals surface area contributed by atoms with Crippen LogP contribution in [0.4, 0.5) is 11.4 Å². The summed E-state index contributed by atoms with van der Waals surface area (Å²) < 4.78 is 4.90. The Morgan fingerprint density at radius 2 is 1.96 bits per heavy atom. The first-order valence-electron chi connectivity index (χ1n) is 6.62. The number of amides is 1. The molecule has 2 aromatic carbocycles. The Kier molecular flexibility index (Phi) is 5.64. The summed E-state index contributed by atoms with van der Waals surface area (Å²) in [6.45, 7) is -0.501. The minimum atomic E-state index is -0.739. The molecule has 0 saturated heterocycles. The van der Waals surface area contributed by atoms with Gasteiger partial charge in [-0.05, 0) is 36.4 Å². The number of rotatable bonds is 4. The first kappa shape index (κ1) is 17.6. The fourth-order valence-corrected chi connectivity index (χ4v) is 2.21. The second kappa shape index (κ2) is 7.68. The first-order chi connectivity index (χ1) is 11.4. The van der Waals surface area contributed by atoms with Gasteiger partial charge in [-0.2, -0.15) is 5.26 Å². The van der Waals surface area contributed by atoms with Gasteiger partial charge >= 0.3 is 5.97 Å². The summed E-state index contributed by atoms with van der Waals surface area (Å²) in [7, 11) is 0. The van der Waals surface area contributed by atoms with Gasteiger partial charge in [0, 0.05) is 16.4 Å². The highest BCUT2D eigenvalue weighted by Crippen LogP contribution is 2.21. The summed E-state index contributed by atoms with van der Waals surface area (Å²) >= 11 is 11.6. The summed E-state index contributed by atoms with van der Waals surface area (Å²) in [6, 6.07) is 10.6. The zero-order chi connectivity index (χ0) is 17.7. The molecule has 0 saturated carbocycles. The molecule has 1 amide bonds. The van der Waals surface area contributed by atoms with Crippen LogP contribution in [0.3, 0.4) is 0 Å². The van der Waals surface area contributed by atoms with Crippen LogP contribution in [0.15, 0.2) is 36.4 Å². The third kappa shape index (κ3) is 4.38. The van der Waals surface area contributed by atoms with Crippen molar-refractivity contribution in [1.29, 1.82) is 5.26 Å². The van der Waals surface area contributed by atoms with E-state index in [1.54, 1.807) is 0 Å². The van der Waals surface area contributed by atoms with Crippen molar-refractivity contribution in [1.82, 2.24) is 0 Å². The molecule has 0 aliphatic rings. The molecule has 122 valence electrons. The standard InChI is InChI=1S/C16H11Cl2N3O3/c17-10-2-4-12(14(20)5-10)16(23)24-8-15(22)21-11-3-1-9(7-19)13(18)6-11/h1-6H,8,20H2,(H,21,22). The molecule has 0 heterocycles. The monoisotopic (exact) mass is 363 g/mol. The molecule has 3 N–H and O–H groups in total. The topological polar surface area (TPSA) is 105 Å². The summed E-state index contributed by atoms with van der Waals surface area (Å²) in [6.07, 6.45) is 0. The molecule has 24 heavy (non-hydrogen) atoms. The third-order valence-corrected chi connectivity index (χ3v) is 3.49. The van der Waals surface area contributed by atoms with Gasteiger partial charge in [-0.3, -0.25) is 4.79 Å². The van der Waals surface area contributed by atoms with E-state index in [1.807, 2.05) is 6.07 Å². The van der Waals surface area contributed by atoms with Gasteiger partial charge in [-0.15, -0.1) is 0 Å². The Morgan fingerprint density at radius 1 is 1.21 bits per heavy atom. The molecule has 0 aliphatic heterocycles. The molecular formula is C16H11Cl2N3O3. The van der Waals surface area contributed by atoms with E-state index in [-0.39, 0.29) is 16.3 Å². The van der Waals surface area contributed by atoms with Crippen molar-refractivity contribution in [2.75, 3.05) is 17.7 Å². The van der Waals surface area contributed by atoms with Crippen molar-refractivity contribution in [2.24, 2.45) is 0 Å². The number of nitrogen functional groups attached to an aromatic ring is 1. The fraction of sp³-hybridized carbons (Fsp3) is 0.0625. The quantitative estimate of drug-likeness (QED) is 0.640. The van der Waals surface area contributed by atoms with Crippen molar-refractivity contribution in [3.8, 4) is 6.07 Å². The number of carbonyl (C=O) groups is 2. The Hall–Kier alpha value is -2.75. The Labute approximate surface area is 147 Å². The summed E-state index contributed by atoms with van der Waals surface area (Å²) in [5.74, 6) is -1.30. The van der Waals surface area contributed by atoms with E-state index >= 15 is 0 Å². The first-order valence-corrected chi connectivity index (χ1v) is 7.38. The average molecular weight is 364 g/mol. The number of nitriles is 1. The van der Waals surface area contributed by atoms with Gasteiger partial charge in [0.25, 0.3) is 5.91 Å². The molecule has 0 atom stereocenters. The van der Waals surface area contributed by atoms with Crippen molar-refractivity contribution < 1.29 is 14.3 Å². The van der Waals surface area contributed by atoms with Crippen LogP contribution in [0, 0.1) is 11.3 Å². The smallest absolute Gasteiger partial charge is 0.340 e. The minimum absolute atomic E-state index is 0.119. The van der Waals surface area contributed by atoms with Gasteiger partial charge in [0.1, 0.15) is 6.07 Å². The lowest BCUT2D eigenvalue weighted by Gasteiger charge is -2.08. The van der Waals surface area contributed by atoms with E-state index in [0.717, 1.165) is 0 Å². The lowest BCUT2D eigenvalue weighted by Crippen LogP contribution is -2.21. The number of hydrogen-bond acceptors (Lipinski definition) is 5. The van der Waals surface area contributed by atoms with Crippen LogP contribution in [0.5, 0.6) is 0 Å². The number of nitrogens with zero attached hydrogens (tertiary/aromatic N) is 1. The second-order valence-electron chi connectivity index (χ2n) is 4.66. The summed E-state index contributed by atoms with van der Waals surface area (Å²) in [5.41, 5.74) is 6.62. The molecule has 8 heteroatoms. The predicted molar refractivity (Wildman–Crippen MR) is 90.9 cm³/mol. The highest BCUT2D eigenvalue weighted by Gasteiger charge is 2.14. The normalized spacial score (nSPS) is 9.88. The zero-order valence-electron chi connectivity index (χ0n) is 12.2. The average Bonchev–Trinajstić information content (AvgIpc) is 2.53. The number of esters is 1. The lowest BCUT2D eigenvalue weighted by molar-refractivity contribution is -0.119. The van der Waals surface area contributed by atoms with Gasteiger partial charge in [0.2, 0.25) is 0 Å². The lowest BCUT2D eigenvalue weighted by atomic mass is 10.2. The van der Waals surface area contributed by atoms with E-state index < -0.39 is 18.5 Å². The molecular weight excluding hydrogens is 353 g/mol. The SMILES string of the molecule is N#Cc1ccc(NC(=O)COC(=O)c2ccc(Cl)cc2N)cc1Cl. The highest BCUT2D eigenvalue weighted by molar-refractivity contribution is 6.32. The van der Waals surface area contributed by atoms with Gasteiger partial charge in [0.05, 0.1) is 16.1 Å². The van der Waals surface area contributed by atoms with E-state index in [0.29, 0.717) is 16.3 Å². The number of hydrogen-bond donors (Lipinski definition) is 2. The number of benzene rings is 2. The number of halogens is 2. The molecule has 0 unspecified atom stereocenters. The van der Waals surface area contributed by atoms with Gasteiger partial charge in [0.15, 0.2) is 6.61 Å². The maximum atomic E-state index is 11.9. The number of nitrogens with one attached hydrogen (secondary N) is 1. The summed E-state index contributed by atoms with van der Waals surface area (Å²) in [4.78, 5) is 23.7. The van der Waals surface area contributed by atoms with Crippen LogP contribution in [0.2, 0.25) is 10.0 Å². The van der Waals surface area contributed by atoms with Crippen molar-refractivity contribution in [3.05, 3.63) is 57.6 Å². The van der Waals surface area contributed by atoms with Gasteiger partial charge in [-0.25, -0.2) is 4.79 Å². The number of ether oxygens (including phenoxy) is 1. The molecule has 6 nitrogen and oxygen atoms in total. The van der Waals surface area contributed by atoms with Gasteiger partial charge < -0.3 is 15.8 Å². The van der Waals surface area contributed by atoms with Crippen molar-refractivity contribution in [3.63, 3.8) is 0 Å². The molecule has 0 aliphatic carbocycles. The predicted octanol–water partition coefficient (Wildman–Crippen LogP) is 3.24. The van der Waals surface area contributed by atoms with E-state index in [2.05, 4.69) is 5.32 Å². The van der Waals surface area contributed by atoms with E-state index in [9.17, 15) is 9.59 Å². The maximum Gasteiger partial charge on any atom is 0.340 e.